The SMILES string of the molecule is CC(=C\OCc1ccccc1)/C(=N/c1ccccc1)Oc1ccccc1. The summed E-state index contributed by atoms with van der Waals surface area (Å²) in [7, 11) is 0. The molecule has 0 saturated heterocycles. The fraction of sp³-hybridized carbons (Fsp3) is 0.0870. The van der Waals surface area contributed by atoms with Gasteiger partial charge in [0.05, 0.1) is 11.9 Å². The van der Waals surface area contributed by atoms with Gasteiger partial charge in [-0.25, -0.2) is 4.99 Å². The van der Waals surface area contributed by atoms with Crippen LogP contribution in [-0.4, -0.2) is 5.90 Å². The molecule has 0 aliphatic heterocycles. The summed E-state index contributed by atoms with van der Waals surface area (Å²) in [5, 5.41) is 0. The zero-order chi connectivity index (χ0) is 18.0. The molecule has 0 radical (unpaired) electrons. The van der Waals surface area contributed by atoms with E-state index >= 15 is 0 Å². The van der Waals surface area contributed by atoms with Crippen molar-refractivity contribution in [2.45, 2.75) is 13.5 Å². The maximum absolute atomic E-state index is 5.98. The van der Waals surface area contributed by atoms with Crippen LogP contribution in [0.15, 0.2) is 108 Å². The van der Waals surface area contributed by atoms with E-state index in [1.165, 1.54) is 0 Å². The Morgan fingerprint density at radius 2 is 1.38 bits per heavy atom. The molecule has 3 aromatic carbocycles. The molecule has 130 valence electrons. The van der Waals surface area contributed by atoms with Crippen molar-refractivity contribution in [3.63, 3.8) is 0 Å². The van der Waals surface area contributed by atoms with Crippen LogP contribution in [0.1, 0.15) is 12.5 Å². The second kappa shape index (κ2) is 9.23. The molecule has 0 aliphatic rings. The molecule has 3 rings (SSSR count). The monoisotopic (exact) mass is 343 g/mol. The van der Waals surface area contributed by atoms with Gasteiger partial charge in [0.2, 0.25) is 5.90 Å². The van der Waals surface area contributed by atoms with Crippen LogP contribution in [-0.2, 0) is 11.3 Å². The molecule has 0 saturated carbocycles. The summed E-state index contributed by atoms with van der Waals surface area (Å²) in [6.45, 7) is 2.43. The fourth-order valence-electron chi connectivity index (χ4n) is 2.30. The van der Waals surface area contributed by atoms with Crippen molar-refractivity contribution in [1.29, 1.82) is 0 Å². The van der Waals surface area contributed by atoms with Crippen molar-refractivity contribution in [2.24, 2.45) is 4.99 Å². The van der Waals surface area contributed by atoms with Crippen LogP contribution >= 0.6 is 0 Å². The highest BCUT2D eigenvalue weighted by Gasteiger charge is 2.07. The molecule has 3 heteroatoms. The third-order valence-corrected chi connectivity index (χ3v) is 3.63. The zero-order valence-corrected chi connectivity index (χ0v) is 14.7. The van der Waals surface area contributed by atoms with Crippen LogP contribution < -0.4 is 4.74 Å². The molecule has 0 aliphatic carbocycles. The second-order valence-electron chi connectivity index (χ2n) is 5.77. The largest absolute Gasteiger partial charge is 0.496 e. The number of hydrogen-bond acceptors (Lipinski definition) is 3. The van der Waals surface area contributed by atoms with Crippen molar-refractivity contribution < 1.29 is 9.47 Å². The van der Waals surface area contributed by atoms with Gasteiger partial charge in [-0.05, 0) is 36.8 Å². The van der Waals surface area contributed by atoms with E-state index in [2.05, 4.69) is 4.99 Å². The average Bonchev–Trinajstić information content (AvgIpc) is 2.70. The first kappa shape index (κ1) is 17.5. The van der Waals surface area contributed by atoms with Crippen molar-refractivity contribution >= 4 is 11.6 Å². The lowest BCUT2D eigenvalue weighted by molar-refractivity contribution is 0.234. The Labute approximate surface area is 154 Å². The lowest BCUT2D eigenvalue weighted by atomic mass is 10.2. The van der Waals surface area contributed by atoms with E-state index in [4.69, 9.17) is 9.47 Å². The summed E-state index contributed by atoms with van der Waals surface area (Å²) in [4.78, 5) is 4.63. The van der Waals surface area contributed by atoms with Gasteiger partial charge in [0, 0.05) is 5.57 Å². The Balaban J connectivity index is 1.77. The average molecular weight is 343 g/mol. The summed E-state index contributed by atoms with van der Waals surface area (Å²) in [5.41, 5.74) is 2.75. The van der Waals surface area contributed by atoms with Crippen LogP contribution in [0.5, 0.6) is 5.75 Å². The lowest BCUT2D eigenvalue weighted by Gasteiger charge is -2.10. The standard InChI is InChI=1S/C23H21NO2/c1-19(17-25-18-20-11-5-2-6-12-20)23(24-21-13-7-3-8-14-21)26-22-15-9-4-10-16-22/h2-17H,18H2,1H3/b19-17+,24-23-. The van der Waals surface area contributed by atoms with Crippen LogP contribution in [0.3, 0.4) is 0 Å². The molecule has 0 bridgehead atoms. The molecule has 0 atom stereocenters. The Kier molecular flexibility index (Phi) is 6.21. The summed E-state index contributed by atoms with van der Waals surface area (Å²) in [6.07, 6.45) is 1.69. The molecule has 3 nitrogen and oxygen atoms in total. The van der Waals surface area contributed by atoms with Gasteiger partial charge in [-0.2, -0.15) is 0 Å². The van der Waals surface area contributed by atoms with Gasteiger partial charge < -0.3 is 9.47 Å². The number of rotatable bonds is 6. The molecule has 0 amide bonds. The number of hydrogen-bond donors (Lipinski definition) is 0. The van der Waals surface area contributed by atoms with Gasteiger partial charge in [0.25, 0.3) is 0 Å². The number of aliphatic imine (C=N–C) groups is 1. The highest BCUT2D eigenvalue weighted by atomic mass is 16.5. The number of ether oxygens (including phenoxy) is 2. The Hall–Kier alpha value is -3.33. The van der Waals surface area contributed by atoms with E-state index < -0.39 is 0 Å². The molecule has 0 fully saturated rings. The first-order valence-corrected chi connectivity index (χ1v) is 8.50. The van der Waals surface area contributed by atoms with Crippen LogP contribution in [0.25, 0.3) is 0 Å². The summed E-state index contributed by atoms with van der Waals surface area (Å²) in [6, 6.07) is 29.4. The highest BCUT2D eigenvalue weighted by Crippen LogP contribution is 2.17. The Morgan fingerprint density at radius 3 is 2.04 bits per heavy atom. The van der Waals surface area contributed by atoms with Crippen molar-refractivity contribution in [2.75, 3.05) is 0 Å². The zero-order valence-electron chi connectivity index (χ0n) is 14.7. The fourth-order valence-corrected chi connectivity index (χ4v) is 2.30. The minimum Gasteiger partial charge on any atom is -0.496 e. The van der Waals surface area contributed by atoms with E-state index in [0.29, 0.717) is 12.5 Å². The van der Waals surface area contributed by atoms with Crippen molar-refractivity contribution in [3.8, 4) is 5.75 Å². The Bertz CT molecular complexity index is 856. The smallest absolute Gasteiger partial charge is 0.225 e. The normalized spacial score (nSPS) is 11.9. The predicted molar refractivity (Wildman–Crippen MR) is 106 cm³/mol. The van der Waals surface area contributed by atoms with Crippen LogP contribution in [0, 0.1) is 0 Å². The van der Waals surface area contributed by atoms with E-state index in [1.54, 1.807) is 6.26 Å². The van der Waals surface area contributed by atoms with Crippen molar-refractivity contribution in [1.82, 2.24) is 0 Å². The number of para-hydroxylation sites is 2. The molecular weight excluding hydrogens is 322 g/mol. The molecule has 26 heavy (non-hydrogen) atoms. The molecule has 0 N–H and O–H groups in total. The topological polar surface area (TPSA) is 30.8 Å². The Morgan fingerprint density at radius 1 is 0.808 bits per heavy atom. The van der Waals surface area contributed by atoms with E-state index in [9.17, 15) is 0 Å². The highest BCUT2D eigenvalue weighted by molar-refractivity contribution is 5.96. The van der Waals surface area contributed by atoms with E-state index in [-0.39, 0.29) is 0 Å². The predicted octanol–water partition coefficient (Wildman–Crippen LogP) is 5.92. The lowest BCUT2D eigenvalue weighted by Crippen LogP contribution is -2.10. The van der Waals surface area contributed by atoms with Gasteiger partial charge in [0.15, 0.2) is 0 Å². The molecule has 3 aromatic rings. The molecule has 0 aromatic heterocycles. The van der Waals surface area contributed by atoms with Gasteiger partial charge in [0.1, 0.15) is 12.4 Å². The quantitative estimate of drug-likeness (QED) is 0.316. The van der Waals surface area contributed by atoms with Crippen LogP contribution in [0.4, 0.5) is 5.69 Å². The van der Waals surface area contributed by atoms with Gasteiger partial charge >= 0.3 is 0 Å². The van der Waals surface area contributed by atoms with Gasteiger partial charge in [-0.15, -0.1) is 0 Å². The molecule has 0 spiro atoms. The van der Waals surface area contributed by atoms with E-state index in [0.717, 1.165) is 22.6 Å². The number of nitrogens with zero attached hydrogens (tertiary/aromatic N) is 1. The summed E-state index contributed by atoms with van der Waals surface area (Å²) >= 11 is 0. The first-order valence-electron chi connectivity index (χ1n) is 8.50. The summed E-state index contributed by atoms with van der Waals surface area (Å²) < 4.78 is 11.7. The maximum Gasteiger partial charge on any atom is 0.225 e. The first-order chi connectivity index (χ1) is 12.8. The molecule has 0 heterocycles. The molecular formula is C23H21NO2. The minimum absolute atomic E-state index is 0.502. The number of benzene rings is 3. The van der Waals surface area contributed by atoms with E-state index in [1.807, 2.05) is 97.9 Å². The second-order valence-corrected chi connectivity index (χ2v) is 5.77. The van der Waals surface area contributed by atoms with Gasteiger partial charge in [-0.3, -0.25) is 0 Å². The molecule has 0 unspecified atom stereocenters. The van der Waals surface area contributed by atoms with Crippen molar-refractivity contribution in [3.05, 3.63) is 108 Å². The van der Waals surface area contributed by atoms with Gasteiger partial charge in [-0.1, -0.05) is 66.7 Å². The third-order valence-electron chi connectivity index (χ3n) is 3.63. The third kappa shape index (κ3) is 5.35. The summed E-state index contributed by atoms with van der Waals surface area (Å²) in [5.74, 6) is 1.24. The van der Waals surface area contributed by atoms with Crippen LogP contribution in [0.2, 0.25) is 0 Å². The minimum atomic E-state index is 0.502. The maximum atomic E-state index is 5.98.